The molecule has 1 aromatic heterocycles. The Morgan fingerprint density at radius 1 is 1.24 bits per heavy atom. The first-order valence-corrected chi connectivity index (χ1v) is 10.8. The first-order valence-electron chi connectivity index (χ1n) is 9.98. The summed E-state index contributed by atoms with van der Waals surface area (Å²) in [6, 6.07) is 4.79. The zero-order valence-electron chi connectivity index (χ0n) is 17.3. The monoisotopic (exact) mass is 478 g/mol. The molecule has 0 radical (unpaired) electrons. The van der Waals surface area contributed by atoms with Crippen LogP contribution in [0, 0.1) is 22.9 Å². The number of amidine groups is 2. The number of anilines is 2. The molecule has 174 valence electrons. The molecule has 0 bridgehead atoms. The number of hydrogen-bond donors (Lipinski definition) is 4. The molecule has 0 atom stereocenters. The van der Waals surface area contributed by atoms with E-state index in [1.54, 1.807) is 4.90 Å². The normalized spacial score (nSPS) is 17.6. The topological polar surface area (TPSA) is 126 Å². The van der Waals surface area contributed by atoms with Gasteiger partial charge < -0.3 is 25.5 Å². The summed E-state index contributed by atoms with van der Waals surface area (Å²) in [4.78, 5) is 11.3. The third kappa shape index (κ3) is 4.67. The fraction of sp³-hybridized carbons (Fsp3) is 0.300. The van der Waals surface area contributed by atoms with Gasteiger partial charge in [-0.15, -0.1) is 0 Å². The van der Waals surface area contributed by atoms with Gasteiger partial charge in [0.05, 0.1) is 23.8 Å². The van der Waals surface area contributed by atoms with Gasteiger partial charge >= 0.3 is 0 Å². The molecule has 2 aliphatic rings. The first-order chi connectivity index (χ1) is 15.9. The van der Waals surface area contributed by atoms with Crippen LogP contribution in [0.25, 0.3) is 0 Å². The molecule has 5 N–H and O–H groups in total. The molecule has 1 aliphatic carbocycles. The molecule has 0 unspecified atom stereocenters. The summed E-state index contributed by atoms with van der Waals surface area (Å²) in [5.74, 6) is -1.71. The van der Waals surface area contributed by atoms with Crippen molar-refractivity contribution in [1.29, 1.82) is 5.41 Å². The number of pyridine rings is 1. The minimum atomic E-state index is -0.737. The SMILES string of the molecule is N=C(c1ccc(F)cc1NSC(/N=C\N)=N/O)N1CCN(c2ncc(F)cc2F)CC12CC2. The maximum atomic E-state index is 14.3. The van der Waals surface area contributed by atoms with E-state index in [4.69, 9.17) is 16.4 Å². The molecule has 9 nitrogen and oxygen atoms in total. The van der Waals surface area contributed by atoms with Crippen LogP contribution in [0.5, 0.6) is 0 Å². The Hall–Kier alpha value is -3.48. The summed E-state index contributed by atoms with van der Waals surface area (Å²) in [5.41, 5.74) is 5.54. The lowest BCUT2D eigenvalue weighted by molar-refractivity contribution is 0.257. The fourth-order valence-corrected chi connectivity index (χ4v) is 4.43. The van der Waals surface area contributed by atoms with Crippen molar-refractivity contribution in [3.05, 3.63) is 53.5 Å². The maximum absolute atomic E-state index is 14.3. The van der Waals surface area contributed by atoms with Crippen molar-refractivity contribution in [1.82, 2.24) is 9.88 Å². The molecule has 4 rings (SSSR count). The van der Waals surface area contributed by atoms with Crippen molar-refractivity contribution < 1.29 is 18.4 Å². The number of nitrogens with two attached hydrogens (primary N) is 1. The molecule has 1 saturated heterocycles. The lowest BCUT2D eigenvalue weighted by Gasteiger charge is -2.44. The fourth-order valence-electron chi connectivity index (χ4n) is 3.91. The third-order valence-electron chi connectivity index (χ3n) is 5.60. The molecule has 33 heavy (non-hydrogen) atoms. The number of benzene rings is 1. The third-order valence-corrected chi connectivity index (χ3v) is 6.29. The van der Waals surface area contributed by atoms with Crippen molar-refractivity contribution in [2.45, 2.75) is 18.4 Å². The van der Waals surface area contributed by atoms with Gasteiger partial charge in [0, 0.05) is 43.2 Å². The lowest BCUT2D eigenvalue weighted by atomic mass is 10.1. The lowest BCUT2D eigenvalue weighted by Crippen LogP contribution is -2.57. The average Bonchev–Trinajstić information content (AvgIpc) is 3.55. The molecule has 0 amide bonds. The second-order valence-corrected chi connectivity index (χ2v) is 8.43. The number of nitrogens with one attached hydrogen (secondary N) is 2. The predicted octanol–water partition coefficient (Wildman–Crippen LogP) is 2.97. The van der Waals surface area contributed by atoms with E-state index in [0.717, 1.165) is 43.4 Å². The van der Waals surface area contributed by atoms with Crippen LogP contribution < -0.4 is 15.4 Å². The van der Waals surface area contributed by atoms with Gasteiger partial charge in [0.15, 0.2) is 11.6 Å². The summed E-state index contributed by atoms with van der Waals surface area (Å²) < 4.78 is 44.3. The smallest absolute Gasteiger partial charge is 0.247 e. The van der Waals surface area contributed by atoms with Gasteiger partial charge in [-0.3, -0.25) is 5.41 Å². The van der Waals surface area contributed by atoms with Crippen LogP contribution >= 0.6 is 11.9 Å². The first kappa shape index (κ1) is 22.7. The molecular weight excluding hydrogens is 457 g/mol. The second-order valence-electron chi connectivity index (χ2n) is 7.66. The zero-order chi connectivity index (χ0) is 23.6. The molecule has 2 heterocycles. The van der Waals surface area contributed by atoms with Gasteiger partial charge in [-0.1, -0.05) is 5.16 Å². The predicted molar refractivity (Wildman–Crippen MR) is 121 cm³/mol. The maximum Gasteiger partial charge on any atom is 0.247 e. The summed E-state index contributed by atoms with van der Waals surface area (Å²) in [6.07, 6.45) is 3.52. The van der Waals surface area contributed by atoms with Crippen molar-refractivity contribution in [3.63, 3.8) is 0 Å². The molecule has 1 aromatic carbocycles. The number of aromatic nitrogens is 1. The van der Waals surface area contributed by atoms with E-state index in [2.05, 4.69) is 19.9 Å². The van der Waals surface area contributed by atoms with Crippen molar-refractivity contribution in [2.75, 3.05) is 29.3 Å². The molecular formula is C20H21F3N8OS. The van der Waals surface area contributed by atoms with Gasteiger partial charge in [0.25, 0.3) is 0 Å². The Labute approximate surface area is 191 Å². The largest absolute Gasteiger partial charge is 0.409 e. The Kier molecular flexibility index (Phi) is 6.31. The Bertz CT molecular complexity index is 1120. The molecule has 1 aliphatic heterocycles. The zero-order valence-corrected chi connectivity index (χ0v) is 18.1. The minimum Gasteiger partial charge on any atom is -0.409 e. The van der Waals surface area contributed by atoms with Crippen molar-refractivity contribution >= 4 is 40.8 Å². The highest BCUT2D eigenvalue weighted by Gasteiger charge is 2.53. The number of halogens is 3. The van der Waals surface area contributed by atoms with Crippen LogP contribution in [0.3, 0.4) is 0 Å². The molecule has 13 heteroatoms. The van der Waals surface area contributed by atoms with Crippen LogP contribution in [0.15, 0.2) is 40.6 Å². The standard InChI is InChI=1S/C20H21F3N8OS/c21-12-1-2-14(16(8-12)29-33-19(28-32)27-11-24)17(25)31-6-5-30(10-20(31)3-4-20)18-15(23)7-13(22)9-26-18/h1-2,7-9,11,25,29,32H,3-6,10H2,(H2,24,27,28). The van der Waals surface area contributed by atoms with Crippen LogP contribution in [0.1, 0.15) is 18.4 Å². The van der Waals surface area contributed by atoms with Crippen LogP contribution in [-0.2, 0) is 0 Å². The Morgan fingerprint density at radius 3 is 2.70 bits per heavy atom. The highest BCUT2D eigenvalue weighted by Crippen LogP contribution is 2.46. The number of piperazine rings is 1. The summed E-state index contributed by atoms with van der Waals surface area (Å²) >= 11 is 0.804. The quantitative estimate of drug-likeness (QED) is 0.175. The number of hydrogen-bond acceptors (Lipinski definition) is 7. The average molecular weight is 479 g/mol. The molecule has 2 aromatic rings. The number of nitrogens with zero attached hydrogens (tertiary/aromatic N) is 5. The highest BCUT2D eigenvalue weighted by molar-refractivity contribution is 8.15. The number of rotatable bonds is 4. The van der Waals surface area contributed by atoms with Crippen LogP contribution in [0.4, 0.5) is 24.7 Å². The van der Waals surface area contributed by atoms with E-state index in [9.17, 15) is 13.2 Å². The number of oxime groups is 1. The second kappa shape index (κ2) is 9.17. The van der Waals surface area contributed by atoms with Crippen LogP contribution in [0.2, 0.25) is 0 Å². The van der Waals surface area contributed by atoms with Gasteiger partial charge in [-0.05, 0) is 31.0 Å². The Morgan fingerprint density at radius 2 is 2.03 bits per heavy atom. The van der Waals surface area contributed by atoms with E-state index in [1.807, 2.05) is 4.90 Å². The van der Waals surface area contributed by atoms with E-state index in [0.29, 0.717) is 30.9 Å². The highest BCUT2D eigenvalue weighted by atomic mass is 32.2. The van der Waals surface area contributed by atoms with E-state index in [-0.39, 0.29) is 16.8 Å². The van der Waals surface area contributed by atoms with Gasteiger partial charge in [0.1, 0.15) is 17.5 Å². The van der Waals surface area contributed by atoms with Crippen molar-refractivity contribution in [2.24, 2.45) is 15.9 Å². The van der Waals surface area contributed by atoms with Crippen molar-refractivity contribution in [3.8, 4) is 0 Å². The van der Waals surface area contributed by atoms with Gasteiger partial charge in [0.2, 0.25) is 5.17 Å². The van der Waals surface area contributed by atoms with Gasteiger partial charge in [-0.25, -0.2) is 23.1 Å². The summed E-state index contributed by atoms with van der Waals surface area (Å²) in [6.45, 7) is 1.21. The number of aliphatic imine (C=N–C) groups is 1. The summed E-state index contributed by atoms with van der Waals surface area (Å²) in [5, 5.41) is 20.7. The minimum absolute atomic E-state index is 0.0886. The van der Waals surface area contributed by atoms with E-state index < -0.39 is 23.0 Å². The van der Waals surface area contributed by atoms with Crippen LogP contribution in [-0.4, -0.2) is 57.6 Å². The molecule has 1 spiro atoms. The van der Waals surface area contributed by atoms with Gasteiger partial charge in [-0.2, -0.15) is 0 Å². The van der Waals surface area contributed by atoms with E-state index in [1.165, 1.54) is 18.2 Å². The van der Waals surface area contributed by atoms with E-state index >= 15 is 0 Å². The molecule has 1 saturated carbocycles. The molecule has 2 fully saturated rings. The summed E-state index contributed by atoms with van der Waals surface area (Å²) in [7, 11) is 0. The Balaban J connectivity index is 1.54.